The van der Waals surface area contributed by atoms with E-state index in [-0.39, 0.29) is 17.7 Å². The molecule has 0 aliphatic heterocycles. The molecule has 2 atom stereocenters. The average molecular weight is 405 g/mol. The van der Waals surface area contributed by atoms with Crippen molar-refractivity contribution in [3.63, 3.8) is 0 Å². The zero-order valence-corrected chi connectivity index (χ0v) is 15.7. The Hall–Kier alpha value is -2.54. The second kappa shape index (κ2) is 7.47. The van der Waals surface area contributed by atoms with E-state index in [0.717, 1.165) is 22.6 Å². The number of benzene rings is 1. The van der Waals surface area contributed by atoms with Crippen LogP contribution in [0.3, 0.4) is 0 Å². The van der Waals surface area contributed by atoms with Gasteiger partial charge in [0.1, 0.15) is 5.76 Å². The van der Waals surface area contributed by atoms with E-state index in [1.807, 2.05) is 23.6 Å². The van der Waals surface area contributed by atoms with Crippen molar-refractivity contribution >= 4 is 17.2 Å². The molecule has 7 heteroatoms. The first kappa shape index (κ1) is 18.8. The number of furan rings is 1. The van der Waals surface area contributed by atoms with Crippen LogP contribution >= 0.6 is 11.3 Å². The third-order valence-electron chi connectivity index (χ3n) is 4.94. The van der Waals surface area contributed by atoms with Crippen molar-refractivity contribution in [2.75, 3.05) is 0 Å². The molecule has 1 aromatic carbocycles. The van der Waals surface area contributed by atoms with Gasteiger partial charge in [0.05, 0.1) is 24.9 Å². The normalized spacial score (nSPS) is 18.8. The zero-order chi connectivity index (χ0) is 19.7. The third kappa shape index (κ3) is 4.14. The van der Waals surface area contributed by atoms with Crippen LogP contribution in [0.4, 0.5) is 13.2 Å². The summed E-state index contributed by atoms with van der Waals surface area (Å²) in [5, 5.41) is 1.97. The summed E-state index contributed by atoms with van der Waals surface area (Å²) in [6.45, 7) is 0.868. The molecule has 0 N–H and O–H groups in total. The Kier molecular flexibility index (Phi) is 5.02. The van der Waals surface area contributed by atoms with Crippen LogP contribution in [0.1, 0.15) is 34.1 Å². The third-order valence-corrected chi connectivity index (χ3v) is 5.80. The number of alkyl halides is 3. The van der Waals surface area contributed by atoms with E-state index >= 15 is 0 Å². The molecule has 0 spiro atoms. The maximum absolute atomic E-state index is 13.1. The Balaban J connectivity index is 1.46. The maximum Gasteiger partial charge on any atom is 0.416 e. The molecule has 2 heterocycles. The maximum atomic E-state index is 13.1. The van der Waals surface area contributed by atoms with Gasteiger partial charge in [0.2, 0.25) is 5.91 Å². The Morgan fingerprint density at radius 2 is 1.89 bits per heavy atom. The highest BCUT2D eigenvalue weighted by molar-refractivity contribution is 7.09. The number of rotatable bonds is 6. The molecule has 1 aliphatic rings. The molecule has 4 rings (SSSR count). The Morgan fingerprint density at radius 1 is 1.11 bits per heavy atom. The summed E-state index contributed by atoms with van der Waals surface area (Å²) in [6.07, 6.45) is -2.12. The molecule has 1 amide bonds. The van der Waals surface area contributed by atoms with Crippen LogP contribution in [0.25, 0.3) is 0 Å². The van der Waals surface area contributed by atoms with E-state index in [2.05, 4.69) is 0 Å². The van der Waals surface area contributed by atoms with E-state index in [9.17, 15) is 18.0 Å². The predicted molar refractivity (Wildman–Crippen MR) is 99.6 cm³/mol. The van der Waals surface area contributed by atoms with Crippen molar-refractivity contribution in [1.82, 2.24) is 4.90 Å². The number of halogens is 3. The number of thiophene rings is 1. The lowest BCUT2D eigenvalue weighted by Crippen LogP contribution is -2.31. The summed E-state index contributed by atoms with van der Waals surface area (Å²) in [6, 6.07) is 12.7. The Morgan fingerprint density at radius 3 is 2.50 bits per heavy atom. The minimum atomic E-state index is -4.35. The number of hydrogen-bond donors (Lipinski definition) is 0. The monoisotopic (exact) mass is 405 g/mol. The van der Waals surface area contributed by atoms with E-state index < -0.39 is 11.7 Å². The number of carbonyl (C=O) groups is 1. The van der Waals surface area contributed by atoms with Crippen LogP contribution in [0, 0.1) is 5.92 Å². The van der Waals surface area contributed by atoms with Crippen molar-refractivity contribution in [2.24, 2.45) is 5.92 Å². The number of amides is 1. The Bertz CT molecular complexity index is 881. The lowest BCUT2D eigenvalue weighted by molar-refractivity contribution is -0.137. The second-order valence-corrected chi connectivity index (χ2v) is 7.95. The van der Waals surface area contributed by atoms with Gasteiger partial charge in [0, 0.05) is 10.8 Å². The van der Waals surface area contributed by atoms with E-state index in [1.54, 1.807) is 28.6 Å². The molecular weight excluding hydrogens is 387 g/mol. The van der Waals surface area contributed by atoms with Crippen molar-refractivity contribution in [1.29, 1.82) is 0 Å². The van der Waals surface area contributed by atoms with Crippen LogP contribution < -0.4 is 0 Å². The summed E-state index contributed by atoms with van der Waals surface area (Å²) >= 11 is 1.58. The molecule has 1 saturated carbocycles. The standard InChI is InChI=1S/C21H18F3NO2S/c22-21(23,24)15-7-5-14(6-8-15)18-11-19(18)20(26)25(12-16-3-1-9-27-16)13-17-4-2-10-28-17/h1-10,18-19H,11-13H2. The molecular formula is C21H18F3NO2S. The first-order valence-electron chi connectivity index (χ1n) is 8.92. The Labute approximate surface area is 164 Å². The molecule has 2 unspecified atom stereocenters. The van der Waals surface area contributed by atoms with E-state index in [4.69, 9.17) is 4.42 Å². The van der Waals surface area contributed by atoms with E-state index in [1.165, 1.54) is 12.1 Å². The van der Waals surface area contributed by atoms with E-state index in [0.29, 0.717) is 25.3 Å². The highest BCUT2D eigenvalue weighted by Gasteiger charge is 2.46. The molecule has 0 radical (unpaired) electrons. The number of hydrogen-bond acceptors (Lipinski definition) is 3. The summed E-state index contributed by atoms with van der Waals surface area (Å²) in [5.41, 5.74) is 0.109. The molecule has 3 nitrogen and oxygen atoms in total. The van der Waals surface area contributed by atoms with Gasteiger partial charge in [-0.15, -0.1) is 11.3 Å². The average Bonchev–Trinajstić information content (AvgIpc) is 3.03. The van der Waals surface area contributed by atoms with Crippen LogP contribution in [0.5, 0.6) is 0 Å². The van der Waals surface area contributed by atoms with Crippen LogP contribution in [0.15, 0.2) is 64.6 Å². The minimum absolute atomic E-state index is 0.00898. The van der Waals surface area contributed by atoms with Crippen LogP contribution in [-0.2, 0) is 24.1 Å². The minimum Gasteiger partial charge on any atom is -0.467 e. The van der Waals surface area contributed by atoms with Gasteiger partial charge in [-0.2, -0.15) is 13.2 Å². The molecule has 0 saturated heterocycles. The highest BCUT2D eigenvalue weighted by atomic mass is 32.1. The van der Waals surface area contributed by atoms with Crippen LogP contribution in [0.2, 0.25) is 0 Å². The summed E-state index contributed by atoms with van der Waals surface area (Å²) in [7, 11) is 0. The topological polar surface area (TPSA) is 33.5 Å². The van der Waals surface area contributed by atoms with Crippen molar-refractivity contribution in [3.05, 3.63) is 81.9 Å². The molecule has 1 aliphatic carbocycles. The zero-order valence-electron chi connectivity index (χ0n) is 14.9. The van der Waals surface area contributed by atoms with Crippen molar-refractivity contribution in [3.8, 4) is 0 Å². The molecule has 3 aromatic rings. The fourth-order valence-electron chi connectivity index (χ4n) is 3.38. The van der Waals surface area contributed by atoms with Gasteiger partial charge in [0.15, 0.2) is 0 Å². The molecule has 0 bridgehead atoms. The first-order valence-corrected chi connectivity index (χ1v) is 9.80. The second-order valence-electron chi connectivity index (χ2n) is 6.92. The number of nitrogens with zero attached hydrogens (tertiary/aromatic N) is 1. The summed E-state index contributed by atoms with van der Waals surface area (Å²) in [5.74, 6) is 0.482. The molecule has 2 aromatic heterocycles. The smallest absolute Gasteiger partial charge is 0.416 e. The first-order chi connectivity index (χ1) is 13.4. The van der Waals surface area contributed by atoms with Gasteiger partial charge in [-0.05, 0) is 53.6 Å². The van der Waals surface area contributed by atoms with Gasteiger partial charge < -0.3 is 9.32 Å². The van der Waals surface area contributed by atoms with Gasteiger partial charge in [-0.1, -0.05) is 18.2 Å². The van der Waals surface area contributed by atoms with Gasteiger partial charge in [-0.3, -0.25) is 4.79 Å². The molecule has 28 heavy (non-hydrogen) atoms. The van der Waals surface area contributed by atoms with Crippen molar-refractivity contribution in [2.45, 2.75) is 31.6 Å². The quantitative estimate of drug-likeness (QED) is 0.528. The lowest BCUT2D eigenvalue weighted by Gasteiger charge is -2.21. The predicted octanol–water partition coefficient (Wildman–Crippen LogP) is 5.69. The van der Waals surface area contributed by atoms with Gasteiger partial charge >= 0.3 is 6.18 Å². The SMILES string of the molecule is O=C(C1CC1c1ccc(C(F)(F)F)cc1)N(Cc1ccco1)Cc1cccs1. The van der Waals surface area contributed by atoms with Gasteiger partial charge in [0.25, 0.3) is 0 Å². The summed E-state index contributed by atoms with van der Waals surface area (Å²) in [4.78, 5) is 15.9. The summed E-state index contributed by atoms with van der Waals surface area (Å²) < 4.78 is 43.6. The van der Waals surface area contributed by atoms with Crippen LogP contribution in [-0.4, -0.2) is 10.8 Å². The fourth-order valence-corrected chi connectivity index (χ4v) is 4.10. The largest absolute Gasteiger partial charge is 0.467 e. The van der Waals surface area contributed by atoms with Gasteiger partial charge in [-0.25, -0.2) is 0 Å². The molecule has 146 valence electrons. The molecule has 1 fully saturated rings. The van der Waals surface area contributed by atoms with Crippen molar-refractivity contribution < 1.29 is 22.4 Å². The highest BCUT2D eigenvalue weighted by Crippen LogP contribution is 2.49. The number of carbonyl (C=O) groups excluding carboxylic acids is 1. The lowest BCUT2D eigenvalue weighted by atomic mass is 10.1. The fraction of sp³-hybridized carbons (Fsp3) is 0.286.